The first-order valence-corrected chi connectivity index (χ1v) is 21.1. The van der Waals surface area contributed by atoms with Gasteiger partial charge in [-0.25, -0.2) is 0 Å². The molecule has 21 atom stereocenters. The largest absolute Gasteiger partial charge is 0.432 e. The summed E-state index contributed by atoms with van der Waals surface area (Å²) in [6.45, 7) is 13.3. The van der Waals surface area contributed by atoms with E-state index in [0.29, 0.717) is 38.5 Å². The number of carbonyl (C=O) groups excluding carboxylic acids is 1. The Kier molecular flexibility index (Phi) is 11.3. The van der Waals surface area contributed by atoms with Crippen LogP contribution in [-0.2, 0) is 23.7 Å². The number of aliphatic hydroxyl groups excluding tert-OH is 9. The molecule has 2 saturated heterocycles. The minimum absolute atomic E-state index is 0.156. The third-order valence-corrected chi connectivity index (χ3v) is 17.6. The predicted octanol–water partition coefficient (Wildman–Crippen LogP) is 0.258. The highest BCUT2D eigenvalue weighted by molar-refractivity contribution is 5.79. The highest BCUT2D eigenvalue weighted by Crippen LogP contribution is 2.76. The van der Waals surface area contributed by atoms with Crippen LogP contribution in [0.5, 0.6) is 0 Å². The van der Waals surface area contributed by atoms with Crippen LogP contribution in [0.25, 0.3) is 0 Å². The maximum absolute atomic E-state index is 15.1. The van der Waals surface area contributed by atoms with Crippen molar-refractivity contribution in [3.63, 3.8) is 0 Å². The number of ether oxygens (including phenoxy) is 4. The lowest BCUT2D eigenvalue weighted by molar-refractivity contribution is -0.364. The highest BCUT2D eigenvalue weighted by atomic mass is 16.8. The van der Waals surface area contributed by atoms with E-state index in [9.17, 15) is 51.1 Å². The summed E-state index contributed by atoms with van der Waals surface area (Å²) in [7, 11) is 0. The molecule has 2 aliphatic heterocycles. The van der Waals surface area contributed by atoms with Gasteiger partial charge in [-0.1, -0.05) is 53.2 Å². The molecule has 15 nitrogen and oxygen atoms in total. The van der Waals surface area contributed by atoms with E-state index in [1.54, 1.807) is 6.92 Å². The zero-order chi connectivity index (χ0) is 42.0. The Bertz CT molecular complexity index is 1550. The van der Waals surface area contributed by atoms with Gasteiger partial charge in [0, 0.05) is 5.92 Å². The predicted molar refractivity (Wildman–Crippen MR) is 200 cm³/mol. The number of carbonyl (C=O) groups is 1. The first-order chi connectivity index (χ1) is 26.5. The Morgan fingerprint density at radius 2 is 1.39 bits per heavy atom. The minimum Gasteiger partial charge on any atom is -0.432 e. The van der Waals surface area contributed by atoms with Crippen LogP contribution in [0.15, 0.2) is 11.6 Å². The second-order valence-corrected chi connectivity index (χ2v) is 20.5. The van der Waals surface area contributed by atoms with Crippen molar-refractivity contribution in [1.29, 1.82) is 0 Å². The van der Waals surface area contributed by atoms with Crippen molar-refractivity contribution in [1.82, 2.24) is 0 Å². The smallest absolute Gasteiger partial charge is 0.315 e. The maximum Gasteiger partial charge on any atom is 0.315 e. The third kappa shape index (κ3) is 6.18. The first-order valence-electron chi connectivity index (χ1n) is 21.1. The van der Waals surface area contributed by atoms with Crippen LogP contribution >= 0.6 is 0 Å². The third-order valence-electron chi connectivity index (χ3n) is 17.6. The van der Waals surface area contributed by atoms with Gasteiger partial charge in [0.1, 0.15) is 42.7 Å². The number of esters is 1. The molecule has 0 aromatic rings. The molecule has 0 aromatic heterocycles. The van der Waals surface area contributed by atoms with Crippen LogP contribution in [0.2, 0.25) is 0 Å². The molecule has 15 heteroatoms. The van der Waals surface area contributed by atoms with Crippen molar-refractivity contribution >= 4 is 5.97 Å². The highest BCUT2D eigenvalue weighted by Gasteiger charge is 2.72. The van der Waals surface area contributed by atoms with Gasteiger partial charge in [-0.2, -0.15) is 0 Å². The molecule has 7 rings (SSSR count). The molecule has 5 aliphatic carbocycles. The van der Waals surface area contributed by atoms with E-state index >= 15 is 4.79 Å². The normalized spacial score (nSPS) is 56.0. The van der Waals surface area contributed by atoms with Crippen LogP contribution in [0.3, 0.4) is 0 Å². The average Bonchev–Trinajstić information content (AvgIpc) is 3.15. The monoisotopic (exact) mass is 812 g/mol. The van der Waals surface area contributed by atoms with E-state index in [1.165, 1.54) is 0 Å². The summed E-state index contributed by atoms with van der Waals surface area (Å²) in [6.07, 6.45) is -11.7. The molecule has 326 valence electrons. The number of rotatable bonds is 6. The molecule has 10 N–H and O–H groups in total. The van der Waals surface area contributed by atoms with Gasteiger partial charge in [-0.15, -0.1) is 0 Å². The molecule has 0 aromatic carbocycles. The first kappa shape index (κ1) is 43.8. The number of allylic oxidation sites excluding steroid dienone is 1. The molecule has 0 spiro atoms. The van der Waals surface area contributed by atoms with Crippen molar-refractivity contribution in [3.8, 4) is 0 Å². The molecule has 2 heterocycles. The molecule has 0 radical (unpaired) electrons. The topological polar surface area (TPSA) is 256 Å². The van der Waals surface area contributed by atoms with Gasteiger partial charge in [-0.3, -0.25) is 4.79 Å². The van der Waals surface area contributed by atoms with Gasteiger partial charge in [-0.05, 0) is 97.7 Å². The summed E-state index contributed by atoms with van der Waals surface area (Å²) in [5.41, 5.74) is -3.12. The van der Waals surface area contributed by atoms with Gasteiger partial charge in [0.15, 0.2) is 12.4 Å². The van der Waals surface area contributed by atoms with Gasteiger partial charge in [0.2, 0.25) is 6.29 Å². The molecule has 6 fully saturated rings. The van der Waals surface area contributed by atoms with Crippen molar-refractivity contribution in [2.75, 3.05) is 13.2 Å². The zero-order valence-corrected chi connectivity index (χ0v) is 34.4. The quantitative estimate of drug-likeness (QED) is 0.128. The second kappa shape index (κ2) is 14.7. The Morgan fingerprint density at radius 1 is 0.772 bits per heavy atom. The summed E-state index contributed by atoms with van der Waals surface area (Å²) in [6, 6.07) is 0. The summed E-state index contributed by atoms with van der Waals surface area (Å²) < 4.78 is 23.5. The Morgan fingerprint density at radius 3 is 2.02 bits per heavy atom. The van der Waals surface area contributed by atoms with E-state index in [1.807, 2.05) is 6.92 Å². The van der Waals surface area contributed by atoms with Gasteiger partial charge in [0.25, 0.3) is 0 Å². The lowest BCUT2D eigenvalue weighted by Crippen LogP contribution is -2.69. The standard InChI is InChI=1S/C42H68O15/c1-19-10-13-42(36(52)57-35-31(29(49)27(47)23(18-44)55-35)56-34-30(50)28(48)26(46)22(17-43)54-34)15-14-39(5)20(32(42)41(19,7)53)8-9-25-38(4)16-21(45)33(51)37(2,3)24(38)11-12-40(25,39)6/h8,19,21-35,43-51,53H,9-18H2,1-7H3/t19-,21+,22-,23-,24+,25+,26-,27-,28+,29+,30-,31-,32+,33-,34+,35+,38-,39+,40+,41+,42-/m0/s1. The van der Waals surface area contributed by atoms with E-state index in [0.717, 1.165) is 18.4 Å². The van der Waals surface area contributed by atoms with Crippen molar-refractivity contribution in [3.05, 3.63) is 11.6 Å². The summed E-state index contributed by atoms with van der Waals surface area (Å²) in [5.74, 6) is -1.25. The van der Waals surface area contributed by atoms with Crippen molar-refractivity contribution in [2.45, 2.75) is 179 Å². The number of fused-ring (bicyclic) bond motifs is 7. The molecule has 0 amide bonds. The molecule has 4 saturated carbocycles. The summed E-state index contributed by atoms with van der Waals surface area (Å²) in [4.78, 5) is 15.1. The maximum atomic E-state index is 15.1. The van der Waals surface area contributed by atoms with Gasteiger partial charge in [0.05, 0.1) is 36.4 Å². The molecule has 7 aliphatic rings. The number of hydrogen-bond donors (Lipinski definition) is 10. The van der Waals surface area contributed by atoms with Gasteiger partial charge < -0.3 is 70.0 Å². The molecular formula is C42H68O15. The van der Waals surface area contributed by atoms with Crippen molar-refractivity contribution < 1.29 is 74.8 Å². The Labute approximate surface area is 335 Å². The number of aliphatic hydroxyl groups is 10. The minimum atomic E-state index is -1.87. The molecule has 0 unspecified atom stereocenters. The van der Waals surface area contributed by atoms with Crippen LogP contribution in [0, 0.1) is 50.7 Å². The van der Waals surface area contributed by atoms with Crippen LogP contribution in [-0.4, -0.2) is 149 Å². The number of hydrogen-bond acceptors (Lipinski definition) is 15. The lowest BCUT2D eigenvalue weighted by Gasteiger charge is -2.72. The summed E-state index contributed by atoms with van der Waals surface area (Å²) in [5, 5.41) is 108. The van der Waals surface area contributed by atoms with E-state index < -0.39 is 121 Å². The van der Waals surface area contributed by atoms with E-state index in [4.69, 9.17) is 18.9 Å². The van der Waals surface area contributed by atoms with Crippen LogP contribution in [0.1, 0.15) is 99.8 Å². The van der Waals surface area contributed by atoms with E-state index in [2.05, 4.69) is 40.7 Å². The van der Waals surface area contributed by atoms with Crippen molar-refractivity contribution in [2.24, 2.45) is 50.7 Å². The average molecular weight is 813 g/mol. The zero-order valence-electron chi connectivity index (χ0n) is 34.4. The lowest BCUT2D eigenvalue weighted by atomic mass is 9.33. The molecule has 0 bridgehead atoms. The Balaban J connectivity index is 1.24. The summed E-state index contributed by atoms with van der Waals surface area (Å²) >= 11 is 0. The van der Waals surface area contributed by atoms with Crippen LogP contribution in [0.4, 0.5) is 0 Å². The second-order valence-electron chi connectivity index (χ2n) is 20.5. The Hall–Kier alpha value is -1.31. The van der Waals surface area contributed by atoms with Gasteiger partial charge >= 0.3 is 5.97 Å². The molecule has 57 heavy (non-hydrogen) atoms. The molecular weight excluding hydrogens is 744 g/mol. The fourth-order valence-corrected chi connectivity index (χ4v) is 13.8. The van der Waals surface area contributed by atoms with Crippen LogP contribution < -0.4 is 0 Å². The SMILES string of the molecule is C[C@H]1CC[C@]2(C(=O)O[C@H]3O[C@@H](CO)[C@H](O)[C@@H](O)[C@@H]3O[C@H]3O[C@@H](CO)[C@H](O)[C@@H](O)[C@@H]3O)CC[C@]3(C)C(=CC[C@@H]4[C@@]5(C)C[C@@H](O)[C@H](O)C(C)(C)[C@H]5CC[C@]43C)[C@@H]2[C@]1(C)O. The van der Waals surface area contributed by atoms with E-state index in [-0.39, 0.29) is 28.6 Å². The fraction of sp³-hybridized carbons (Fsp3) is 0.929. The fourth-order valence-electron chi connectivity index (χ4n) is 13.8.